The van der Waals surface area contributed by atoms with Crippen molar-refractivity contribution >= 4 is 15.0 Å². The van der Waals surface area contributed by atoms with Crippen molar-refractivity contribution in [3.8, 4) is 5.75 Å². The van der Waals surface area contributed by atoms with Crippen molar-refractivity contribution in [3.05, 3.63) is 64.7 Å². The van der Waals surface area contributed by atoms with Crippen molar-refractivity contribution in [2.45, 2.75) is 71.3 Å². The van der Waals surface area contributed by atoms with Gasteiger partial charge in [0.15, 0.2) is 0 Å². The summed E-state index contributed by atoms with van der Waals surface area (Å²) in [5.41, 5.74) is 3.72. The third-order valence-electron chi connectivity index (χ3n) is 6.07. The molecule has 1 heterocycles. The van der Waals surface area contributed by atoms with E-state index in [1.54, 1.807) is 12.1 Å². The molecular formula is C26H37N2O3Si. The lowest BCUT2D eigenvalue weighted by Gasteiger charge is -2.44. The third-order valence-corrected chi connectivity index (χ3v) is 6.68. The minimum absolute atomic E-state index is 0.0176. The number of aromatic carboxylic acids is 1. The quantitative estimate of drug-likeness (QED) is 0.597. The second kappa shape index (κ2) is 9.77. The summed E-state index contributed by atoms with van der Waals surface area (Å²) in [4.78, 5) is 14.0. The molecule has 0 bridgehead atoms. The van der Waals surface area contributed by atoms with Crippen molar-refractivity contribution < 1.29 is 14.3 Å². The Kier molecular flexibility index (Phi) is 7.48. The maximum Gasteiger partial charge on any atom is 0.335 e. The van der Waals surface area contributed by atoms with Gasteiger partial charge in [-0.1, -0.05) is 51.1 Å². The Hall–Kier alpha value is -2.15. The van der Waals surface area contributed by atoms with Gasteiger partial charge in [0.1, 0.15) is 5.75 Å². The van der Waals surface area contributed by atoms with Crippen LogP contribution < -0.4 is 9.74 Å². The Morgan fingerprint density at radius 2 is 1.81 bits per heavy atom. The van der Waals surface area contributed by atoms with Crippen LogP contribution in [0.5, 0.6) is 5.75 Å². The lowest BCUT2D eigenvalue weighted by Crippen LogP contribution is -2.55. The van der Waals surface area contributed by atoms with Crippen molar-refractivity contribution in [2.75, 3.05) is 13.1 Å². The first-order valence-electron chi connectivity index (χ1n) is 11.4. The third kappa shape index (κ3) is 5.42. The summed E-state index contributed by atoms with van der Waals surface area (Å²) in [6.07, 6.45) is 0. The molecule has 1 radical (unpaired) electrons. The van der Waals surface area contributed by atoms with Crippen LogP contribution in [-0.2, 0) is 5.41 Å². The standard InChI is InChI=1S/C26H37N2O3Si/c1-17-16-28(18(2)15-27-17)23(19-11-13-20(14-12-19)25(29)30)21-9-8-10-22(26(3,4)5)24(21)31-32(6)7/h8-14,17-18,23,27H,15-16H2,1-7H3,(H,29,30). The number of piperazine rings is 1. The molecule has 1 aliphatic rings. The molecule has 2 aromatic carbocycles. The van der Waals surface area contributed by atoms with Gasteiger partial charge in [-0.3, -0.25) is 4.90 Å². The highest BCUT2D eigenvalue weighted by molar-refractivity contribution is 6.49. The number of carboxylic acid groups (broad SMARTS) is 1. The number of nitrogens with zero attached hydrogens (tertiary/aromatic N) is 1. The molecule has 2 aromatic rings. The van der Waals surface area contributed by atoms with Crippen molar-refractivity contribution in [1.82, 2.24) is 10.2 Å². The summed E-state index contributed by atoms with van der Waals surface area (Å²) in [6, 6.07) is 14.5. The van der Waals surface area contributed by atoms with E-state index in [0.717, 1.165) is 30.0 Å². The van der Waals surface area contributed by atoms with Gasteiger partial charge in [0, 0.05) is 30.7 Å². The van der Waals surface area contributed by atoms with Gasteiger partial charge in [-0.2, -0.15) is 0 Å². The Morgan fingerprint density at radius 3 is 2.38 bits per heavy atom. The molecule has 3 unspecified atom stereocenters. The maximum absolute atomic E-state index is 11.4. The highest BCUT2D eigenvalue weighted by Gasteiger charge is 2.34. The number of hydrogen-bond donors (Lipinski definition) is 2. The number of carboxylic acids is 1. The fraction of sp³-hybridized carbons (Fsp3) is 0.500. The van der Waals surface area contributed by atoms with Crippen molar-refractivity contribution in [3.63, 3.8) is 0 Å². The van der Waals surface area contributed by atoms with Crippen LogP contribution in [0.1, 0.15) is 67.7 Å². The number of benzene rings is 2. The largest absolute Gasteiger partial charge is 0.542 e. The van der Waals surface area contributed by atoms with E-state index in [2.05, 4.69) is 76.1 Å². The average Bonchev–Trinajstić information content (AvgIpc) is 2.71. The number of hydrogen-bond acceptors (Lipinski definition) is 4. The molecule has 173 valence electrons. The molecule has 1 saturated heterocycles. The van der Waals surface area contributed by atoms with Crippen LogP contribution in [0.3, 0.4) is 0 Å². The smallest absolute Gasteiger partial charge is 0.335 e. The van der Waals surface area contributed by atoms with Gasteiger partial charge >= 0.3 is 5.97 Å². The average molecular weight is 454 g/mol. The van der Waals surface area contributed by atoms with Crippen molar-refractivity contribution in [2.24, 2.45) is 0 Å². The first-order chi connectivity index (χ1) is 15.0. The normalized spacial score (nSPS) is 20.9. The SMILES string of the molecule is CC1CN(C(c2ccc(C(=O)O)cc2)c2cccc(C(C)(C)C)c2O[Si](C)C)C(C)CN1. The lowest BCUT2D eigenvalue weighted by molar-refractivity contribution is 0.0696. The van der Waals surface area contributed by atoms with Gasteiger partial charge in [0.05, 0.1) is 11.6 Å². The second-order valence-corrected chi connectivity index (χ2v) is 12.2. The van der Waals surface area contributed by atoms with Crippen LogP contribution in [0.15, 0.2) is 42.5 Å². The van der Waals surface area contributed by atoms with Crippen LogP contribution in [-0.4, -0.2) is 50.2 Å². The zero-order chi connectivity index (χ0) is 23.6. The molecule has 0 aliphatic carbocycles. The van der Waals surface area contributed by atoms with E-state index in [1.165, 1.54) is 5.56 Å². The van der Waals surface area contributed by atoms with E-state index in [1.807, 2.05) is 12.1 Å². The Balaban J connectivity index is 2.22. The van der Waals surface area contributed by atoms with E-state index in [4.69, 9.17) is 4.43 Å². The number of nitrogens with one attached hydrogen (secondary N) is 1. The van der Waals surface area contributed by atoms with E-state index in [9.17, 15) is 9.90 Å². The Morgan fingerprint density at radius 1 is 1.16 bits per heavy atom. The van der Waals surface area contributed by atoms with Crippen molar-refractivity contribution in [1.29, 1.82) is 0 Å². The molecule has 0 saturated carbocycles. The van der Waals surface area contributed by atoms with Gasteiger partial charge in [-0.15, -0.1) is 0 Å². The molecule has 5 nitrogen and oxygen atoms in total. The van der Waals surface area contributed by atoms with Gasteiger partial charge in [-0.05, 0) is 55.6 Å². The summed E-state index contributed by atoms with van der Waals surface area (Å²) in [6.45, 7) is 17.3. The summed E-state index contributed by atoms with van der Waals surface area (Å²) < 4.78 is 6.59. The number of para-hydroxylation sites is 1. The molecule has 1 fully saturated rings. The molecule has 3 atom stereocenters. The molecule has 32 heavy (non-hydrogen) atoms. The lowest BCUT2D eigenvalue weighted by atomic mass is 9.83. The Labute approximate surface area is 194 Å². The molecule has 0 aromatic heterocycles. The minimum atomic E-state index is -0.985. The Bertz CT molecular complexity index is 937. The molecule has 3 rings (SSSR count). The molecule has 0 spiro atoms. The van der Waals surface area contributed by atoms with Gasteiger partial charge in [-0.25, -0.2) is 4.79 Å². The predicted molar refractivity (Wildman–Crippen MR) is 132 cm³/mol. The zero-order valence-electron chi connectivity index (χ0n) is 20.4. The summed E-state index contributed by atoms with van der Waals surface area (Å²) >= 11 is 0. The molecule has 2 N–H and O–H groups in total. The molecular weight excluding hydrogens is 416 g/mol. The molecule has 1 aliphatic heterocycles. The summed E-state index contributed by atoms with van der Waals surface area (Å²) in [7, 11) is -0.985. The van der Waals surface area contributed by atoms with E-state index in [-0.39, 0.29) is 11.5 Å². The van der Waals surface area contributed by atoms with Crippen LogP contribution in [0, 0.1) is 0 Å². The highest BCUT2D eigenvalue weighted by atomic mass is 28.3. The van der Waals surface area contributed by atoms with Gasteiger partial charge in [0.2, 0.25) is 0 Å². The zero-order valence-corrected chi connectivity index (χ0v) is 21.4. The number of carbonyl (C=O) groups is 1. The van der Waals surface area contributed by atoms with E-state index >= 15 is 0 Å². The van der Waals surface area contributed by atoms with Gasteiger partial charge < -0.3 is 14.8 Å². The monoisotopic (exact) mass is 453 g/mol. The van der Waals surface area contributed by atoms with Gasteiger partial charge in [0.25, 0.3) is 9.04 Å². The number of rotatable bonds is 6. The first-order valence-corrected chi connectivity index (χ1v) is 13.8. The summed E-state index contributed by atoms with van der Waals surface area (Å²) in [5.74, 6) is 0.0878. The predicted octanol–water partition coefficient (Wildman–Crippen LogP) is 5.08. The van der Waals surface area contributed by atoms with E-state index in [0.29, 0.717) is 17.6 Å². The van der Waals surface area contributed by atoms with Crippen LogP contribution >= 0.6 is 0 Å². The maximum atomic E-state index is 11.4. The first kappa shape index (κ1) is 24.5. The fourth-order valence-electron chi connectivity index (χ4n) is 4.45. The van der Waals surface area contributed by atoms with Crippen LogP contribution in [0.4, 0.5) is 0 Å². The highest BCUT2D eigenvalue weighted by Crippen LogP contribution is 2.42. The van der Waals surface area contributed by atoms with E-state index < -0.39 is 15.0 Å². The minimum Gasteiger partial charge on any atom is -0.542 e. The van der Waals surface area contributed by atoms with Crippen LogP contribution in [0.25, 0.3) is 0 Å². The fourth-order valence-corrected chi connectivity index (χ4v) is 5.08. The second-order valence-electron chi connectivity index (χ2n) is 10.2. The van der Waals surface area contributed by atoms with Crippen LogP contribution in [0.2, 0.25) is 13.1 Å². The topological polar surface area (TPSA) is 61.8 Å². The molecule has 6 heteroatoms. The molecule has 0 amide bonds. The summed E-state index contributed by atoms with van der Waals surface area (Å²) in [5, 5.41) is 13.0.